The first-order chi connectivity index (χ1) is 8.47. The Kier molecular flexibility index (Phi) is 5.34. The average Bonchev–Trinajstić information content (AvgIpc) is 2.28. The predicted molar refractivity (Wildman–Crippen MR) is 91.5 cm³/mol. The third kappa shape index (κ3) is 3.60. The molecule has 2 aromatic rings. The van der Waals surface area contributed by atoms with E-state index in [-0.39, 0.29) is 0 Å². The van der Waals surface area contributed by atoms with Crippen molar-refractivity contribution in [3.63, 3.8) is 0 Å². The minimum absolute atomic E-state index is 0.743. The number of halogens is 5. The van der Waals surface area contributed by atoms with Gasteiger partial charge in [0.1, 0.15) is 5.75 Å². The van der Waals surface area contributed by atoms with Gasteiger partial charge in [-0.05, 0) is 94.1 Å². The van der Waals surface area contributed by atoms with Gasteiger partial charge in [-0.15, -0.1) is 0 Å². The Hall–Kier alpha value is 0.640. The highest BCUT2D eigenvalue weighted by atomic mass is 79.9. The van der Waals surface area contributed by atoms with E-state index in [0.717, 1.165) is 33.9 Å². The summed E-state index contributed by atoms with van der Waals surface area (Å²) in [5, 5.41) is 0. The van der Waals surface area contributed by atoms with Crippen LogP contribution in [0.15, 0.2) is 52.7 Å². The first kappa shape index (κ1) is 15.0. The van der Waals surface area contributed by atoms with Gasteiger partial charge in [-0.1, -0.05) is 15.9 Å². The Morgan fingerprint density at radius 3 is 1.83 bits per heavy atom. The van der Waals surface area contributed by atoms with Crippen LogP contribution in [0.1, 0.15) is 0 Å². The van der Waals surface area contributed by atoms with Gasteiger partial charge in [0.2, 0.25) is 0 Å². The lowest BCUT2D eigenvalue weighted by atomic mass is 10.3. The van der Waals surface area contributed by atoms with Crippen molar-refractivity contribution in [2.75, 3.05) is 0 Å². The van der Waals surface area contributed by atoms with Crippen molar-refractivity contribution in [3.8, 4) is 11.5 Å². The lowest BCUT2D eigenvalue weighted by Gasteiger charge is -2.11. The first-order valence-electron chi connectivity index (χ1n) is 4.75. The second-order valence-electron chi connectivity index (χ2n) is 3.38. The zero-order valence-electron chi connectivity index (χ0n) is 8.68. The quantitative estimate of drug-likeness (QED) is 0.372. The zero-order chi connectivity index (χ0) is 13.3. The topological polar surface area (TPSA) is 9.23 Å². The second kappa shape index (κ2) is 6.39. The molecule has 1 nitrogen and oxygen atoms in total. The largest absolute Gasteiger partial charge is 0.455 e. The van der Waals surface area contributed by atoms with Crippen LogP contribution in [0.3, 0.4) is 0 Å². The fourth-order valence-electron chi connectivity index (χ4n) is 1.28. The molecule has 0 atom stereocenters. The second-order valence-corrected chi connectivity index (χ2v) is 7.71. The summed E-state index contributed by atoms with van der Waals surface area (Å²) in [6.07, 6.45) is 0. The van der Waals surface area contributed by atoms with E-state index in [4.69, 9.17) is 4.74 Å². The van der Waals surface area contributed by atoms with E-state index in [2.05, 4.69) is 79.6 Å². The molecular weight excluding hydrogens is 560 g/mol. The van der Waals surface area contributed by atoms with Crippen molar-refractivity contribution in [3.05, 3.63) is 52.7 Å². The number of hydrogen-bond acceptors (Lipinski definition) is 1. The molecule has 2 aromatic carbocycles. The van der Waals surface area contributed by atoms with Crippen molar-refractivity contribution in [1.82, 2.24) is 0 Å². The molecule has 0 aliphatic heterocycles. The van der Waals surface area contributed by atoms with Crippen LogP contribution in [0.25, 0.3) is 0 Å². The number of benzene rings is 2. The summed E-state index contributed by atoms with van der Waals surface area (Å²) in [7, 11) is 0. The summed E-state index contributed by atoms with van der Waals surface area (Å²) in [6, 6.07) is 9.61. The van der Waals surface area contributed by atoms with E-state index >= 15 is 0 Å². The Morgan fingerprint density at radius 2 is 1.28 bits per heavy atom. The van der Waals surface area contributed by atoms with E-state index in [1.54, 1.807) is 0 Å². The number of ether oxygens (including phenoxy) is 1. The van der Waals surface area contributed by atoms with E-state index in [1.165, 1.54) is 0 Å². The smallest absolute Gasteiger partial charge is 0.155 e. The predicted octanol–water partition coefficient (Wildman–Crippen LogP) is 7.29. The summed E-state index contributed by atoms with van der Waals surface area (Å²) < 4.78 is 10.5. The lowest BCUT2D eigenvalue weighted by Crippen LogP contribution is -1.87. The van der Waals surface area contributed by atoms with Gasteiger partial charge in [-0.25, -0.2) is 0 Å². The van der Waals surface area contributed by atoms with E-state index in [9.17, 15) is 0 Å². The van der Waals surface area contributed by atoms with Crippen molar-refractivity contribution >= 4 is 79.6 Å². The van der Waals surface area contributed by atoms with Gasteiger partial charge >= 0.3 is 0 Å². The molecule has 0 heterocycles. The molecule has 0 saturated heterocycles. The SMILES string of the molecule is Brc1cc(Br)c(Oc2ccc(Br)c(Br)c2)c(Br)c1. The summed E-state index contributed by atoms with van der Waals surface area (Å²) >= 11 is 17.3. The summed E-state index contributed by atoms with van der Waals surface area (Å²) in [6.45, 7) is 0. The Labute approximate surface area is 147 Å². The molecule has 0 aliphatic rings. The standard InChI is InChI=1S/C12H5Br5O/c13-6-3-10(16)12(11(17)4-6)18-7-1-2-8(14)9(15)5-7/h1-5H. The maximum absolute atomic E-state index is 5.87. The Balaban J connectivity index is 2.37. The van der Waals surface area contributed by atoms with E-state index in [0.29, 0.717) is 0 Å². The van der Waals surface area contributed by atoms with E-state index in [1.807, 2.05) is 30.3 Å². The molecule has 0 unspecified atom stereocenters. The summed E-state index contributed by atoms with van der Waals surface area (Å²) in [4.78, 5) is 0. The van der Waals surface area contributed by atoms with Crippen LogP contribution in [0, 0.1) is 0 Å². The van der Waals surface area contributed by atoms with Crippen LogP contribution in [0.5, 0.6) is 11.5 Å². The third-order valence-electron chi connectivity index (χ3n) is 2.07. The van der Waals surface area contributed by atoms with Gasteiger partial charge in [0.15, 0.2) is 5.75 Å². The summed E-state index contributed by atoms with van der Waals surface area (Å²) in [5.41, 5.74) is 0. The molecule has 94 valence electrons. The van der Waals surface area contributed by atoms with Crippen molar-refractivity contribution < 1.29 is 4.74 Å². The number of hydrogen-bond donors (Lipinski definition) is 0. The number of rotatable bonds is 2. The maximum atomic E-state index is 5.87. The molecule has 18 heavy (non-hydrogen) atoms. The van der Waals surface area contributed by atoms with Crippen molar-refractivity contribution in [2.24, 2.45) is 0 Å². The van der Waals surface area contributed by atoms with Crippen LogP contribution in [-0.2, 0) is 0 Å². The Bertz CT molecular complexity index is 574. The molecule has 0 radical (unpaired) electrons. The van der Waals surface area contributed by atoms with Crippen LogP contribution >= 0.6 is 79.6 Å². The van der Waals surface area contributed by atoms with Crippen LogP contribution in [0.2, 0.25) is 0 Å². The summed E-state index contributed by atoms with van der Waals surface area (Å²) in [5.74, 6) is 1.50. The molecule has 0 N–H and O–H groups in total. The lowest BCUT2D eigenvalue weighted by molar-refractivity contribution is 0.476. The minimum atomic E-state index is 0.743. The average molecular weight is 565 g/mol. The fraction of sp³-hybridized carbons (Fsp3) is 0. The highest BCUT2D eigenvalue weighted by Crippen LogP contribution is 2.40. The normalized spacial score (nSPS) is 10.5. The molecular formula is C12H5Br5O. The van der Waals surface area contributed by atoms with Gasteiger partial charge in [-0.2, -0.15) is 0 Å². The molecule has 0 spiro atoms. The van der Waals surface area contributed by atoms with Crippen LogP contribution < -0.4 is 4.74 Å². The van der Waals surface area contributed by atoms with Gasteiger partial charge in [0, 0.05) is 13.4 Å². The fourth-order valence-corrected chi connectivity index (χ4v) is 4.31. The zero-order valence-corrected chi connectivity index (χ0v) is 16.6. The molecule has 0 saturated carbocycles. The van der Waals surface area contributed by atoms with Gasteiger partial charge < -0.3 is 4.74 Å². The highest BCUT2D eigenvalue weighted by Gasteiger charge is 2.10. The molecule has 0 amide bonds. The van der Waals surface area contributed by atoms with Gasteiger partial charge in [0.25, 0.3) is 0 Å². The molecule has 0 bridgehead atoms. The molecule has 0 aliphatic carbocycles. The monoisotopic (exact) mass is 560 g/mol. The molecule has 0 aromatic heterocycles. The first-order valence-corrected chi connectivity index (χ1v) is 8.71. The van der Waals surface area contributed by atoms with Crippen LogP contribution in [-0.4, -0.2) is 0 Å². The Morgan fingerprint density at radius 1 is 0.667 bits per heavy atom. The molecule has 0 fully saturated rings. The molecule has 6 heteroatoms. The maximum Gasteiger partial charge on any atom is 0.155 e. The van der Waals surface area contributed by atoms with Crippen molar-refractivity contribution in [1.29, 1.82) is 0 Å². The van der Waals surface area contributed by atoms with E-state index < -0.39 is 0 Å². The van der Waals surface area contributed by atoms with Crippen LogP contribution in [0.4, 0.5) is 0 Å². The van der Waals surface area contributed by atoms with Gasteiger partial charge in [-0.3, -0.25) is 0 Å². The minimum Gasteiger partial charge on any atom is -0.455 e. The highest BCUT2D eigenvalue weighted by molar-refractivity contribution is 9.13. The van der Waals surface area contributed by atoms with Gasteiger partial charge in [0.05, 0.1) is 8.95 Å². The molecule has 2 rings (SSSR count). The van der Waals surface area contributed by atoms with Crippen molar-refractivity contribution in [2.45, 2.75) is 0 Å². The third-order valence-corrected chi connectivity index (χ3v) is 5.59.